The second-order valence-electron chi connectivity index (χ2n) is 5.73. The summed E-state index contributed by atoms with van der Waals surface area (Å²) in [5.41, 5.74) is 1.11. The van der Waals surface area contributed by atoms with Crippen LogP contribution < -0.4 is 4.74 Å². The highest BCUT2D eigenvalue weighted by atomic mass is 16.5. The second kappa shape index (κ2) is 7.76. The Morgan fingerprint density at radius 2 is 2.13 bits per heavy atom. The number of nitrogens with zero attached hydrogens (tertiary/aromatic N) is 4. The number of carbonyl (C=O) groups excluding carboxylic acids is 1. The molecule has 0 aliphatic rings. The summed E-state index contributed by atoms with van der Waals surface area (Å²) in [6.07, 6.45) is 3.43. The SMILES string of the molecule is COc1ccccc1C[C@@H](C)N(C)C(=O)CCc1nncn1C. The van der Waals surface area contributed by atoms with Gasteiger partial charge >= 0.3 is 0 Å². The van der Waals surface area contributed by atoms with Crippen molar-refractivity contribution in [2.24, 2.45) is 7.05 Å². The van der Waals surface area contributed by atoms with Crippen molar-refractivity contribution in [3.63, 3.8) is 0 Å². The first kappa shape index (κ1) is 17.0. The van der Waals surface area contributed by atoms with Gasteiger partial charge in [-0.15, -0.1) is 10.2 Å². The Labute approximate surface area is 137 Å². The summed E-state index contributed by atoms with van der Waals surface area (Å²) in [7, 11) is 5.40. The van der Waals surface area contributed by atoms with Crippen LogP contribution in [0.25, 0.3) is 0 Å². The van der Waals surface area contributed by atoms with Crippen molar-refractivity contribution in [3.05, 3.63) is 42.0 Å². The number of aromatic nitrogens is 3. The number of aryl methyl sites for hydroxylation is 2. The Morgan fingerprint density at radius 3 is 2.78 bits per heavy atom. The quantitative estimate of drug-likeness (QED) is 0.782. The van der Waals surface area contributed by atoms with Crippen molar-refractivity contribution < 1.29 is 9.53 Å². The number of hydrogen-bond acceptors (Lipinski definition) is 4. The Balaban J connectivity index is 1.92. The minimum Gasteiger partial charge on any atom is -0.496 e. The number of carbonyl (C=O) groups is 1. The fraction of sp³-hybridized carbons (Fsp3) is 0.471. The maximum Gasteiger partial charge on any atom is 0.223 e. The van der Waals surface area contributed by atoms with Crippen LogP contribution in [0.1, 0.15) is 24.7 Å². The Morgan fingerprint density at radius 1 is 1.39 bits per heavy atom. The van der Waals surface area contributed by atoms with Gasteiger partial charge in [-0.3, -0.25) is 4.79 Å². The number of likely N-dealkylation sites (N-methyl/N-ethyl adjacent to an activating group) is 1. The van der Waals surface area contributed by atoms with E-state index in [1.165, 1.54) is 0 Å². The zero-order valence-corrected chi connectivity index (χ0v) is 14.2. The largest absolute Gasteiger partial charge is 0.496 e. The number of benzene rings is 1. The lowest BCUT2D eigenvalue weighted by molar-refractivity contribution is -0.131. The van der Waals surface area contributed by atoms with Crippen LogP contribution in [0.15, 0.2) is 30.6 Å². The summed E-state index contributed by atoms with van der Waals surface area (Å²) in [5, 5.41) is 7.84. The first-order chi connectivity index (χ1) is 11.0. The molecule has 0 fully saturated rings. The topological polar surface area (TPSA) is 60.2 Å². The maximum atomic E-state index is 12.4. The molecular formula is C17H24N4O2. The lowest BCUT2D eigenvalue weighted by Gasteiger charge is -2.25. The Bertz CT molecular complexity index is 654. The van der Waals surface area contributed by atoms with Crippen LogP contribution in [0, 0.1) is 0 Å². The highest BCUT2D eigenvalue weighted by Crippen LogP contribution is 2.20. The van der Waals surface area contributed by atoms with Gasteiger partial charge in [0.05, 0.1) is 7.11 Å². The predicted molar refractivity (Wildman–Crippen MR) is 88.3 cm³/mol. The van der Waals surface area contributed by atoms with Gasteiger partial charge in [-0.2, -0.15) is 0 Å². The monoisotopic (exact) mass is 316 g/mol. The van der Waals surface area contributed by atoms with E-state index in [0.717, 1.165) is 23.6 Å². The molecule has 0 aliphatic heterocycles. The zero-order valence-electron chi connectivity index (χ0n) is 14.2. The molecule has 1 aromatic heterocycles. The van der Waals surface area contributed by atoms with Gasteiger partial charge in [0, 0.05) is 33.0 Å². The van der Waals surface area contributed by atoms with E-state index in [4.69, 9.17) is 4.74 Å². The molecule has 2 rings (SSSR count). The van der Waals surface area contributed by atoms with E-state index in [-0.39, 0.29) is 11.9 Å². The zero-order chi connectivity index (χ0) is 16.8. The third kappa shape index (κ3) is 4.31. The first-order valence-corrected chi connectivity index (χ1v) is 7.73. The number of amides is 1. The molecule has 2 aromatic rings. The minimum atomic E-state index is 0.0956. The minimum absolute atomic E-state index is 0.0956. The van der Waals surface area contributed by atoms with Crippen LogP contribution in [-0.2, 0) is 24.7 Å². The van der Waals surface area contributed by atoms with Crippen LogP contribution in [0.2, 0.25) is 0 Å². The molecule has 0 bridgehead atoms. The molecule has 0 spiro atoms. The van der Waals surface area contributed by atoms with E-state index >= 15 is 0 Å². The van der Waals surface area contributed by atoms with Crippen molar-refractivity contribution >= 4 is 5.91 Å². The van der Waals surface area contributed by atoms with Gasteiger partial charge < -0.3 is 14.2 Å². The van der Waals surface area contributed by atoms with E-state index in [2.05, 4.69) is 10.2 Å². The maximum absolute atomic E-state index is 12.4. The van der Waals surface area contributed by atoms with E-state index in [0.29, 0.717) is 12.8 Å². The molecule has 124 valence electrons. The number of rotatable bonds is 7. The average Bonchev–Trinajstić information content (AvgIpc) is 2.97. The van der Waals surface area contributed by atoms with Crippen molar-refractivity contribution in [3.8, 4) is 5.75 Å². The lowest BCUT2D eigenvalue weighted by atomic mass is 10.0. The molecule has 1 heterocycles. The first-order valence-electron chi connectivity index (χ1n) is 7.73. The van der Waals surface area contributed by atoms with Gasteiger partial charge in [0.25, 0.3) is 0 Å². The molecule has 0 N–H and O–H groups in total. The molecular weight excluding hydrogens is 292 g/mol. The van der Waals surface area contributed by atoms with Crippen LogP contribution in [0.5, 0.6) is 5.75 Å². The standard InChI is InChI=1S/C17H24N4O2/c1-13(11-14-7-5-6-8-15(14)23-4)21(3)17(22)10-9-16-19-18-12-20(16)2/h5-8,12-13H,9-11H2,1-4H3/t13-/m1/s1. The summed E-state index contributed by atoms with van der Waals surface area (Å²) < 4.78 is 7.21. The highest BCUT2D eigenvalue weighted by molar-refractivity contribution is 5.76. The summed E-state index contributed by atoms with van der Waals surface area (Å²) in [4.78, 5) is 14.2. The molecule has 0 unspecified atom stereocenters. The number of para-hydroxylation sites is 1. The second-order valence-corrected chi connectivity index (χ2v) is 5.73. The molecule has 1 aromatic carbocycles. The summed E-state index contributed by atoms with van der Waals surface area (Å²) >= 11 is 0. The molecule has 0 saturated carbocycles. The number of ether oxygens (including phenoxy) is 1. The van der Waals surface area contributed by atoms with Crippen LogP contribution in [0.3, 0.4) is 0 Å². The van der Waals surface area contributed by atoms with Gasteiger partial charge in [0.2, 0.25) is 5.91 Å². The highest BCUT2D eigenvalue weighted by Gasteiger charge is 2.18. The molecule has 6 nitrogen and oxygen atoms in total. The van der Waals surface area contributed by atoms with Crippen LogP contribution in [-0.4, -0.2) is 45.8 Å². The van der Waals surface area contributed by atoms with E-state index in [1.54, 1.807) is 18.3 Å². The lowest BCUT2D eigenvalue weighted by Crippen LogP contribution is -2.36. The third-order valence-corrected chi connectivity index (χ3v) is 4.13. The third-order valence-electron chi connectivity index (χ3n) is 4.13. The van der Waals surface area contributed by atoms with Gasteiger partial charge in [-0.1, -0.05) is 18.2 Å². The predicted octanol–water partition coefficient (Wildman–Crippen LogP) is 1.85. The van der Waals surface area contributed by atoms with Crippen LogP contribution >= 0.6 is 0 Å². The van der Waals surface area contributed by atoms with Gasteiger partial charge in [-0.25, -0.2) is 0 Å². The number of hydrogen-bond donors (Lipinski definition) is 0. The van der Waals surface area contributed by atoms with Crippen LogP contribution in [0.4, 0.5) is 0 Å². The van der Waals surface area contributed by atoms with Crippen molar-refractivity contribution in [2.45, 2.75) is 32.2 Å². The molecule has 23 heavy (non-hydrogen) atoms. The fourth-order valence-corrected chi connectivity index (χ4v) is 2.50. The number of methoxy groups -OCH3 is 1. The van der Waals surface area contributed by atoms with E-state index < -0.39 is 0 Å². The molecule has 0 saturated heterocycles. The Kier molecular flexibility index (Phi) is 5.73. The molecule has 0 radical (unpaired) electrons. The summed E-state index contributed by atoms with van der Waals surface area (Å²) in [5.74, 6) is 1.79. The summed E-state index contributed by atoms with van der Waals surface area (Å²) in [6, 6.07) is 8.01. The van der Waals surface area contributed by atoms with Crippen molar-refractivity contribution in [1.29, 1.82) is 0 Å². The fourth-order valence-electron chi connectivity index (χ4n) is 2.50. The normalized spacial score (nSPS) is 12.0. The Hall–Kier alpha value is -2.37. The van der Waals surface area contributed by atoms with E-state index in [9.17, 15) is 4.79 Å². The van der Waals surface area contributed by atoms with Gasteiger partial charge in [0.15, 0.2) is 0 Å². The molecule has 0 aliphatic carbocycles. The van der Waals surface area contributed by atoms with Crippen molar-refractivity contribution in [1.82, 2.24) is 19.7 Å². The molecule has 1 amide bonds. The van der Waals surface area contributed by atoms with E-state index in [1.807, 2.05) is 49.9 Å². The van der Waals surface area contributed by atoms with Gasteiger partial charge in [0.1, 0.15) is 17.9 Å². The molecule has 6 heteroatoms. The van der Waals surface area contributed by atoms with Gasteiger partial charge in [-0.05, 0) is 25.0 Å². The molecule has 1 atom stereocenters. The smallest absolute Gasteiger partial charge is 0.223 e. The van der Waals surface area contributed by atoms with Crippen molar-refractivity contribution in [2.75, 3.05) is 14.2 Å². The average molecular weight is 316 g/mol. The summed E-state index contributed by atoms with van der Waals surface area (Å²) in [6.45, 7) is 2.05.